The molecule has 26 heavy (non-hydrogen) atoms. The van der Waals surface area contributed by atoms with Gasteiger partial charge >= 0.3 is 0 Å². The van der Waals surface area contributed by atoms with E-state index in [1.54, 1.807) is 14.2 Å². The number of hydrogen-bond acceptors (Lipinski definition) is 5. The first-order valence-corrected chi connectivity index (χ1v) is 9.13. The van der Waals surface area contributed by atoms with E-state index in [0.717, 1.165) is 44.1 Å². The van der Waals surface area contributed by atoms with E-state index in [1.807, 2.05) is 30.1 Å². The zero-order valence-corrected chi connectivity index (χ0v) is 16.0. The Morgan fingerprint density at radius 3 is 2.42 bits per heavy atom. The normalized spacial score (nSPS) is 16.4. The van der Waals surface area contributed by atoms with Crippen LogP contribution in [0.4, 0.5) is 0 Å². The Bertz CT molecular complexity index is 646. The van der Waals surface area contributed by atoms with Gasteiger partial charge in [0.25, 0.3) is 0 Å². The molecule has 6 heteroatoms. The molecule has 0 radical (unpaired) electrons. The van der Waals surface area contributed by atoms with E-state index in [1.165, 1.54) is 0 Å². The number of ether oxygens (including phenoxy) is 2. The Morgan fingerprint density at radius 1 is 1.19 bits per heavy atom. The van der Waals surface area contributed by atoms with Gasteiger partial charge in [0, 0.05) is 6.54 Å². The van der Waals surface area contributed by atoms with Crippen LogP contribution < -0.4 is 14.8 Å². The Morgan fingerprint density at radius 2 is 1.85 bits per heavy atom. The molecule has 0 saturated heterocycles. The highest BCUT2D eigenvalue weighted by Gasteiger charge is 2.32. The average molecular weight is 359 g/mol. The molecule has 1 N–H and O–H groups in total. The van der Waals surface area contributed by atoms with Crippen LogP contribution in [0.2, 0.25) is 0 Å². The molecule has 6 nitrogen and oxygen atoms in total. The molecule has 1 aliphatic rings. The van der Waals surface area contributed by atoms with Crippen molar-refractivity contribution in [3.8, 4) is 17.6 Å². The first-order valence-electron chi connectivity index (χ1n) is 9.13. The number of hydrogen-bond donors (Lipinski definition) is 1. The summed E-state index contributed by atoms with van der Waals surface area (Å²) in [6, 6.07) is 8.09. The number of amides is 1. The minimum absolute atomic E-state index is 0.101. The van der Waals surface area contributed by atoms with Gasteiger partial charge in [-0.25, -0.2) is 0 Å². The number of carbonyl (C=O) groups excluding carboxylic acids is 1. The van der Waals surface area contributed by atoms with Gasteiger partial charge < -0.3 is 14.8 Å². The van der Waals surface area contributed by atoms with Gasteiger partial charge in [0.2, 0.25) is 5.91 Å². The molecule has 0 atom stereocenters. The van der Waals surface area contributed by atoms with Crippen molar-refractivity contribution in [2.24, 2.45) is 0 Å². The summed E-state index contributed by atoms with van der Waals surface area (Å²) in [4.78, 5) is 14.4. The van der Waals surface area contributed by atoms with E-state index >= 15 is 0 Å². The van der Waals surface area contributed by atoms with E-state index in [0.29, 0.717) is 18.0 Å². The second-order valence-electron chi connectivity index (χ2n) is 7.02. The molecule has 1 aromatic carbocycles. The maximum atomic E-state index is 12.5. The number of nitrogens with one attached hydrogen (secondary N) is 1. The maximum Gasteiger partial charge on any atom is 0.235 e. The number of methoxy groups -OCH3 is 2. The molecular formula is C20H29N3O3. The Balaban J connectivity index is 1.93. The second-order valence-corrected chi connectivity index (χ2v) is 7.02. The highest BCUT2D eigenvalue weighted by molar-refractivity contribution is 5.79. The van der Waals surface area contributed by atoms with Crippen LogP contribution >= 0.6 is 0 Å². The summed E-state index contributed by atoms with van der Waals surface area (Å²) < 4.78 is 10.6. The fourth-order valence-electron chi connectivity index (χ4n) is 3.49. The summed E-state index contributed by atoms with van der Waals surface area (Å²) in [5.74, 6) is 1.25. The second kappa shape index (κ2) is 9.44. The third-order valence-corrected chi connectivity index (χ3v) is 4.86. The summed E-state index contributed by atoms with van der Waals surface area (Å²) >= 11 is 0. The molecule has 1 aromatic rings. The highest BCUT2D eigenvalue weighted by atomic mass is 16.5. The molecule has 1 aliphatic carbocycles. The standard InChI is InChI=1S/C20H29N3O3/c1-23(13-16-8-9-17(25-2)18(12-16)26-3)14-19(24)22-20(15-21)10-6-4-5-7-11-20/h8-9,12H,4-7,10-11,13-14H2,1-3H3,(H,22,24). The van der Waals surface area contributed by atoms with Crippen molar-refractivity contribution in [3.63, 3.8) is 0 Å². The van der Waals surface area contributed by atoms with Crippen LogP contribution in [0.3, 0.4) is 0 Å². The molecule has 0 unspecified atom stereocenters. The SMILES string of the molecule is COc1ccc(CN(C)CC(=O)NC2(C#N)CCCCCC2)cc1OC. The smallest absolute Gasteiger partial charge is 0.235 e. The zero-order valence-electron chi connectivity index (χ0n) is 16.0. The number of likely N-dealkylation sites (N-methyl/N-ethyl adjacent to an activating group) is 1. The summed E-state index contributed by atoms with van der Waals surface area (Å²) in [6.45, 7) is 0.852. The van der Waals surface area contributed by atoms with Crippen LogP contribution in [0.1, 0.15) is 44.1 Å². The molecule has 0 aliphatic heterocycles. The van der Waals surface area contributed by atoms with E-state index < -0.39 is 5.54 Å². The minimum Gasteiger partial charge on any atom is -0.493 e. The van der Waals surface area contributed by atoms with Crippen LogP contribution in [0, 0.1) is 11.3 Å². The molecule has 0 bridgehead atoms. The fraction of sp³-hybridized carbons (Fsp3) is 0.600. The van der Waals surface area contributed by atoms with Crippen molar-refractivity contribution >= 4 is 5.91 Å². The maximum absolute atomic E-state index is 12.5. The quantitative estimate of drug-likeness (QED) is 0.758. The van der Waals surface area contributed by atoms with Crippen molar-refractivity contribution < 1.29 is 14.3 Å². The number of rotatable bonds is 7. The van der Waals surface area contributed by atoms with Crippen molar-refractivity contribution in [1.29, 1.82) is 5.26 Å². The van der Waals surface area contributed by atoms with Gasteiger partial charge in [0.05, 0.1) is 26.8 Å². The van der Waals surface area contributed by atoms with Crippen LogP contribution in [0.5, 0.6) is 11.5 Å². The lowest BCUT2D eigenvalue weighted by Crippen LogP contribution is -2.49. The Labute approximate surface area is 156 Å². The lowest BCUT2D eigenvalue weighted by molar-refractivity contribution is -0.123. The number of nitrogens with zero attached hydrogens (tertiary/aromatic N) is 2. The summed E-state index contributed by atoms with van der Waals surface area (Å²) in [5, 5.41) is 12.6. The molecule has 0 aromatic heterocycles. The van der Waals surface area contributed by atoms with Crippen molar-refractivity contribution in [3.05, 3.63) is 23.8 Å². The molecule has 0 heterocycles. The van der Waals surface area contributed by atoms with Crippen molar-refractivity contribution in [1.82, 2.24) is 10.2 Å². The molecule has 1 saturated carbocycles. The monoisotopic (exact) mass is 359 g/mol. The van der Waals surface area contributed by atoms with E-state index in [9.17, 15) is 10.1 Å². The largest absolute Gasteiger partial charge is 0.493 e. The summed E-state index contributed by atoms with van der Waals surface area (Å²) in [5.41, 5.74) is 0.333. The Hall–Kier alpha value is -2.26. The fourth-order valence-corrected chi connectivity index (χ4v) is 3.49. The van der Waals surface area contributed by atoms with Crippen molar-refractivity contribution in [2.75, 3.05) is 27.8 Å². The molecule has 1 fully saturated rings. The van der Waals surface area contributed by atoms with Gasteiger partial charge in [-0.15, -0.1) is 0 Å². The third kappa shape index (κ3) is 5.37. The lowest BCUT2D eigenvalue weighted by atomic mass is 9.92. The molecule has 142 valence electrons. The zero-order chi connectivity index (χ0) is 19.0. The topological polar surface area (TPSA) is 74.6 Å². The predicted molar refractivity (Wildman–Crippen MR) is 100 cm³/mol. The van der Waals surface area contributed by atoms with Gasteiger partial charge in [0.15, 0.2) is 11.5 Å². The Kier molecular flexibility index (Phi) is 7.28. The number of nitriles is 1. The first kappa shape index (κ1) is 20.1. The number of benzene rings is 1. The highest BCUT2D eigenvalue weighted by Crippen LogP contribution is 2.28. The van der Waals surface area contributed by atoms with Gasteiger partial charge in [-0.05, 0) is 37.6 Å². The van der Waals surface area contributed by atoms with Gasteiger partial charge in [-0.2, -0.15) is 5.26 Å². The van der Waals surface area contributed by atoms with E-state index in [2.05, 4.69) is 11.4 Å². The minimum atomic E-state index is -0.697. The van der Waals surface area contributed by atoms with Crippen LogP contribution in [-0.4, -0.2) is 44.2 Å². The van der Waals surface area contributed by atoms with Crippen LogP contribution in [0.25, 0.3) is 0 Å². The molecular weight excluding hydrogens is 330 g/mol. The third-order valence-electron chi connectivity index (χ3n) is 4.86. The van der Waals surface area contributed by atoms with E-state index in [4.69, 9.17) is 9.47 Å². The van der Waals surface area contributed by atoms with Crippen molar-refractivity contribution in [2.45, 2.75) is 50.6 Å². The summed E-state index contributed by atoms with van der Waals surface area (Å²) in [6.07, 6.45) is 5.75. The van der Waals surface area contributed by atoms with Crippen LogP contribution in [-0.2, 0) is 11.3 Å². The average Bonchev–Trinajstić information content (AvgIpc) is 2.87. The molecule has 2 rings (SSSR count). The predicted octanol–water partition coefficient (Wildman–Crippen LogP) is 2.87. The summed E-state index contributed by atoms with van der Waals surface area (Å²) in [7, 11) is 5.10. The lowest BCUT2D eigenvalue weighted by Gasteiger charge is -2.27. The molecule has 1 amide bonds. The number of carbonyl (C=O) groups is 1. The van der Waals surface area contributed by atoms with Gasteiger partial charge in [-0.1, -0.05) is 31.7 Å². The van der Waals surface area contributed by atoms with Gasteiger partial charge in [0.1, 0.15) is 5.54 Å². The first-order chi connectivity index (χ1) is 12.5. The van der Waals surface area contributed by atoms with Crippen LogP contribution in [0.15, 0.2) is 18.2 Å². The molecule has 0 spiro atoms. The van der Waals surface area contributed by atoms with Gasteiger partial charge in [-0.3, -0.25) is 9.69 Å². The van der Waals surface area contributed by atoms with E-state index in [-0.39, 0.29) is 12.5 Å².